The van der Waals surface area contributed by atoms with Crippen LogP contribution in [-0.4, -0.2) is 27.3 Å². The van der Waals surface area contributed by atoms with Crippen LogP contribution in [0, 0.1) is 12.7 Å². The van der Waals surface area contributed by atoms with Crippen LogP contribution < -0.4 is 5.32 Å². The minimum Gasteiger partial charge on any atom is -0.411 e. The first-order valence-electron chi connectivity index (χ1n) is 6.14. The third-order valence-electron chi connectivity index (χ3n) is 2.62. The summed E-state index contributed by atoms with van der Waals surface area (Å²) in [6, 6.07) is 7.35. The summed E-state index contributed by atoms with van der Waals surface area (Å²) < 4.78 is 13.0. The highest BCUT2D eigenvalue weighted by Gasteiger charge is 2.10. The van der Waals surface area contributed by atoms with Gasteiger partial charge in [-0.05, 0) is 30.7 Å². The highest BCUT2D eigenvalue weighted by atomic mass is 19.1. The lowest BCUT2D eigenvalue weighted by atomic mass is 10.2. The monoisotopic (exact) mass is 288 g/mol. The van der Waals surface area contributed by atoms with Crippen LogP contribution in [0.1, 0.15) is 27.6 Å². The van der Waals surface area contributed by atoms with Gasteiger partial charge in [0.05, 0.1) is 11.9 Å². The number of oxime groups is 1. The molecule has 7 heteroatoms. The van der Waals surface area contributed by atoms with E-state index in [0.717, 1.165) is 6.21 Å². The number of hydrogen-bond donors (Lipinski definition) is 2. The van der Waals surface area contributed by atoms with Crippen LogP contribution in [0.4, 0.5) is 4.39 Å². The minimum atomic E-state index is -0.419. The van der Waals surface area contributed by atoms with Gasteiger partial charge in [0.1, 0.15) is 17.3 Å². The number of carbonyl (C=O) groups is 1. The molecule has 108 valence electrons. The van der Waals surface area contributed by atoms with Gasteiger partial charge in [0.15, 0.2) is 0 Å². The quantitative estimate of drug-likeness (QED) is 0.509. The molecule has 1 heterocycles. The van der Waals surface area contributed by atoms with Gasteiger partial charge in [0.25, 0.3) is 5.91 Å². The molecule has 0 fully saturated rings. The predicted molar refractivity (Wildman–Crippen MR) is 73.7 cm³/mol. The van der Waals surface area contributed by atoms with Gasteiger partial charge in [-0.25, -0.2) is 14.4 Å². The van der Waals surface area contributed by atoms with E-state index in [1.807, 2.05) is 0 Å². The number of hydrogen-bond acceptors (Lipinski definition) is 5. The Morgan fingerprint density at radius 2 is 2.24 bits per heavy atom. The fourth-order valence-corrected chi connectivity index (χ4v) is 1.75. The molecule has 0 aliphatic rings. The smallest absolute Gasteiger partial charge is 0.270 e. The van der Waals surface area contributed by atoms with Gasteiger partial charge >= 0.3 is 0 Å². The Hall–Kier alpha value is -2.83. The topological polar surface area (TPSA) is 87.5 Å². The van der Waals surface area contributed by atoms with Gasteiger partial charge in [-0.15, -0.1) is 0 Å². The number of halogens is 1. The molecule has 0 atom stereocenters. The lowest BCUT2D eigenvalue weighted by Gasteiger charge is -2.06. The van der Waals surface area contributed by atoms with E-state index in [-0.39, 0.29) is 18.1 Å². The first-order chi connectivity index (χ1) is 10.1. The van der Waals surface area contributed by atoms with Crippen LogP contribution >= 0.6 is 0 Å². The SMILES string of the molecule is Cc1nc(/C=N\O)cc(C(=O)NCc2cccc(F)c2)n1. The molecule has 0 aliphatic carbocycles. The Morgan fingerprint density at radius 3 is 2.95 bits per heavy atom. The predicted octanol–water partition coefficient (Wildman–Crippen LogP) is 1.66. The van der Waals surface area contributed by atoms with Gasteiger partial charge in [-0.2, -0.15) is 0 Å². The maximum Gasteiger partial charge on any atom is 0.270 e. The summed E-state index contributed by atoms with van der Waals surface area (Å²) in [6.07, 6.45) is 1.11. The molecule has 0 spiro atoms. The molecule has 0 bridgehead atoms. The zero-order valence-corrected chi connectivity index (χ0v) is 11.2. The van der Waals surface area contributed by atoms with Crippen molar-refractivity contribution in [3.63, 3.8) is 0 Å². The Labute approximate surface area is 120 Å². The average Bonchev–Trinajstić information content (AvgIpc) is 2.44. The zero-order chi connectivity index (χ0) is 15.2. The summed E-state index contributed by atoms with van der Waals surface area (Å²) in [5, 5.41) is 14.0. The van der Waals surface area contributed by atoms with Crippen molar-refractivity contribution in [1.82, 2.24) is 15.3 Å². The molecule has 2 rings (SSSR count). The Balaban J connectivity index is 2.10. The number of benzene rings is 1. The first kappa shape index (κ1) is 14.6. The average molecular weight is 288 g/mol. The number of amides is 1. The van der Waals surface area contributed by atoms with E-state index in [1.165, 1.54) is 18.2 Å². The van der Waals surface area contributed by atoms with Crippen molar-refractivity contribution in [3.05, 3.63) is 58.9 Å². The maximum atomic E-state index is 13.0. The normalized spacial score (nSPS) is 10.8. The third-order valence-corrected chi connectivity index (χ3v) is 2.62. The Kier molecular flexibility index (Phi) is 4.55. The summed E-state index contributed by atoms with van der Waals surface area (Å²) >= 11 is 0. The van der Waals surface area contributed by atoms with E-state index in [9.17, 15) is 9.18 Å². The third kappa shape index (κ3) is 4.07. The molecule has 0 aliphatic heterocycles. The van der Waals surface area contributed by atoms with Crippen LogP contribution in [0.25, 0.3) is 0 Å². The van der Waals surface area contributed by atoms with Crippen molar-refractivity contribution in [1.29, 1.82) is 0 Å². The molecule has 6 nitrogen and oxygen atoms in total. The van der Waals surface area contributed by atoms with Gasteiger partial charge in [0.2, 0.25) is 0 Å². The summed E-state index contributed by atoms with van der Waals surface area (Å²) in [7, 11) is 0. The Bertz CT molecular complexity index is 688. The van der Waals surface area contributed by atoms with Crippen molar-refractivity contribution < 1.29 is 14.4 Å². The minimum absolute atomic E-state index is 0.147. The fourth-order valence-electron chi connectivity index (χ4n) is 1.75. The van der Waals surface area contributed by atoms with Crippen LogP contribution in [0.3, 0.4) is 0 Å². The lowest BCUT2D eigenvalue weighted by Crippen LogP contribution is -2.24. The number of aromatic nitrogens is 2. The van der Waals surface area contributed by atoms with E-state index < -0.39 is 5.91 Å². The molecule has 2 aromatic rings. The van der Waals surface area contributed by atoms with Crippen LogP contribution in [0.15, 0.2) is 35.5 Å². The van der Waals surface area contributed by atoms with E-state index in [1.54, 1.807) is 19.1 Å². The van der Waals surface area contributed by atoms with Crippen molar-refractivity contribution in [2.24, 2.45) is 5.16 Å². The second-order valence-corrected chi connectivity index (χ2v) is 4.28. The molecular formula is C14H13FN4O2. The molecule has 0 saturated heterocycles. The molecule has 0 radical (unpaired) electrons. The number of nitrogens with one attached hydrogen (secondary N) is 1. The van der Waals surface area contributed by atoms with Gasteiger partial charge in [-0.3, -0.25) is 4.79 Å². The lowest BCUT2D eigenvalue weighted by molar-refractivity contribution is 0.0945. The van der Waals surface area contributed by atoms with Crippen molar-refractivity contribution in [2.45, 2.75) is 13.5 Å². The second kappa shape index (κ2) is 6.56. The van der Waals surface area contributed by atoms with Gasteiger partial charge in [0, 0.05) is 6.54 Å². The molecule has 1 aromatic heterocycles. The van der Waals surface area contributed by atoms with Crippen LogP contribution in [-0.2, 0) is 6.54 Å². The van der Waals surface area contributed by atoms with Gasteiger partial charge < -0.3 is 10.5 Å². The standard InChI is InChI=1S/C14H13FN4O2/c1-9-18-12(8-17-21)6-13(19-9)14(20)16-7-10-3-2-4-11(15)5-10/h2-6,8,21H,7H2,1H3,(H,16,20)/b17-8-. The number of nitrogens with zero attached hydrogens (tertiary/aromatic N) is 3. The molecular weight excluding hydrogens is 275 g/mol. The summed E-state index contributed by atoms with van der Waals surface area (Å²) in [4.78, 5) is 20.0. The van der Waals surface area contributed by atoms with E-state index in [0.29, 0.717) is 17.1 Å². The van der Waals surface area contributed by atoms with Crippen molar-refractivity contribution >= 4 is 12.1 Å². The Morgan fingerprint density at radius 1 is 1.43 bits per heavy atom. The highest BCUT2D eigenvalue weighted by Crippen LogP contribution is 2.04. The van der Waals surface area contributed by atoms with Crippen LogP contribution in [0.5, 0.6) is 0 Å². The molecule has 0 saturated carbocycles. The molecule has 21 heavy (non-hydrogen) atoms. The van der Waals surface area contributed by atoms with E-state index in [2.05, 4.69) is 20.4 Å². The molecule has 2 N–H and O–H groups in total. The highest BCUT2D eigenvalue weighted by molar-refractivity contribution is 5.93. The molecule has 0 unspecified atom stereocenters. The van der Waals surface area contributed by atoms with E-state index in [4.69, 9.17) is 5.21 Å². The number of aryl methyl sites for hydroxylation is 1. The zero-order valence-electron chi connectivity index (χ0n) is 11.2. The summed E-state index contributed by atoms with van der Waals surface area (Å²) in [5.74, 6) is -0.401. The maximum absolute atomic E-state index is 13.0. The van der Waals surface area contributed by atoms with E-state index >= 15 is 0 Å². The second-order valence-electron chi connectivity index (χ2n) is 4.28. The number of rotatable bonds is 4. The summed E-state index contributed by atoms with van der Waals surface area (Å²) in [6.45, 7) is 1.81. The number of carbonyl (C=O) groups excluding carboxylic acids is 1. The molecule has 1 aromatic carbocycles. The van der Waals surface area contributed by atoms with Crippen molar-refractivity contribution in [3.8, 4) is 0 Å². The summed E-state index contributed by atoms with van der Waals surface area (Å²) in [5.41, 5.74) is 1.11. The fraction of sp³-hybridized carbons (Fsp3) is 0.143. The largest absolute Gasteiger partial charge is 0.411 e. The van der Waals surface area contributed by atoms with Crippen LogP contribution in [0.2, 0.25) is 0 Å². The first-order valence-corrected chi connectivity index (χ1v) is 6.14. The van der Waals surface area contributed by atoms with Gasteiger partial charge in [-0.1, -0.05) is 17.3 Å². The molecule has 1 amide bonds. The van der Waals surface area contributed by atoms with Crippen molar-refractivity contribution in [2.75, 3.05) is 0 Å².